The first-order chi connectivity index (χ1) is 9.15. The minimum atomic E-state index is -0.939. The van der Waals surface area contributed by atoms with E-state index in [1.807, 2.05) is 6.07 Å². The van der Waals surface area contributed by atoms with Gasteiger partial charge in [0, 0.05) is 10.6 Å². The van der Waals surface area contributed by atoms with Gasteiger partial charge in [0.15, 0.2) is 0 Å². The van der Waals surface area contributed by atoms with E-state index in [2.05, 4.69) is 10.3 Å². The second-order valence-corrected chi connectivity index (χ2v) is 4.51. The Morgan fingerprint density at radius 2 is 2.11 bits per heavy atom. The highest BCUT2D eigenvalue weighted by atomic mass is 35.5. The van der Waals surface area contributed by atoms with Crippen molar-refractivity contribution in [2.24, 2.45) is 0 Å². The van der Waals surface area contributed by atoms with E-state index in [9.17, 15) is 10.2 Å². The SMILES string of the molecule is OCc1nnn(CC(O)CO)c1-c1cccc(Cl)c1. The maximum atomic E-state index is 9.49. The van der Waals surface area contributed by atoms with Gasteiger partial charge in [0.1, 0.15) is 5.69 Å². The number of nitrogens with zero attached hydrogens (tertiary/aromatic N) is 3. The normalized spacial score (nSPS) is 12.6. The number of aliphatic hydroxyl groups is 3. The van der Waals surface area contributed by atoms with Gasteiger partial charge in [-0.25, -0.2) is 4.68 Å². The summed E-state index contributed by atoms with van der Waals surface area (Å²) in [5.41, 5.74) is 1.72. The molecule has 0 aliphatic carbocycles. The molecule has 1 aromatic carbocycles. The molecule has 1 unspecified atom stereocenters. The minimum Gasteiger partial charge on any atom is -0.394 e. The van der Waals surface area contributed by atoms with E-state index < -0.39 is 6.10 Å². The first-order valence-electron chi connectivity index (χ1n) is 5.73. The van der Waals surface area contributed by atoms with Crippen LogP contribution in [0.4, 0.5) is 0 Å². The van der Waals surface area contributed by atoms with Crippen molar-refractivity contribution >= 4 is 11.6 Å². The molecule has 0 amide bonds. The van der Waals surface area contributed by atoms with Crippen LogP contribution in [0.25, 0.3) is 11.3 Å². The smallest absolute Gasteiger partial charge is 0.116 e. The summed E-state index contributed by atoms with van der Waals surface area (Å²) in [5.74, 6) is 0. The lowest BCUT2D eigenvalue weighted by Crippen LogP contribution is -2.21. The molecule has 3 N–H and O–H groups in total. The van der Waals surface area contributed by atoms with E-state index in [4.69, 9.17) is 16.7 Å². The predicted molar refractivity (Wildman–Crippen MR) is 69.5 cm³/mol. The predicted octanol–water partition coefficient (Wildman–Crippen LogP) is 0.444. The number of benzene rings is 1. The maximum absolute atomic E-state index is 9.49. The van der Waals surface area contributed by atoms with Crippen LogP contribution in [0.2, 0.25) is 5.02 Å². The molecule has 0 fully saturated rings. The van der Waals surface area contributed by atoms with Crippen molar-refractivity contribution in [1.29, 1.82) is 0 Å². The molecule has 0 spiro atoms. The summed E-state index contributed by atoms with van der Waals surface area (Å²) in [4.78, 5) is 0. The number of aliphatic hydroxyl groups excluding tert-OH is 3. The quantitative estimate of drug-likeness (QED) is 0.741. The molecule has 0 bridgehead atoms. The van der Waals surface area contributed by atoms with E-state index in [0.717, 1.165) is 5.56 Å². The highest BCUT2D eigenvalue weighted by Crippen LogP contribution is 2.25. The highest BCUT2D eigenvalue weighted by molar-refractivity contribution is 6.30. The summed E-state index contributed by atoms with van der Waals surface area (Å²) in [6.07, 6.45) is -0.939. The maximum Gasteiger partial charge on any atom is 0.116 e. The molecule has 1 heterocycles. The lowest BCUT2D eigenvalue weighted by molar-refractivity contribution is 0.0782. The number of rotatable bonds is 5. The van der Waals surface area contributed by atoms with Crippen LogP contribution in [0.15, 0.2) is 24.3 Å². The van der Waals surface area contributed by atoms with Crippen molar-refractivity contribution in [3.8, 4) is 11.3 Å². The monoisotopic (exact) mass is 283 g/mol. The Balaban J connectivity index is 2.44. The molecule has 2 aromatic rings. The zero-order valence-corrected chi connectivity index (χ0v) is 10.8. The highest BCUT2D eigenvalue weighted by Gasteiger charge is 2.16. The van der Waals surface area contributed by atoms with Gasteiger partial charge in [-0.1, -0.05) is 28.9 Å². The van der Waals surface area contributed by atoms with Crippen molar-refractivity contribution in [2.45, 2.75) is 19.3 Å². The van der Waals surface area contributed by atoms with Gasteiger partial charge in [0.25, 0.3) is 0 Å². The molecule has 0 aliphatic rings. The van der Waals surface area contributed by atoms with Gasteiger partial charge in [-0.2, -0.15) is 0 Å². The number of aromatic nitrogens is 3. The fourth-order valence-corrected chi connectivity index (χ4v) is 1.98. The molecule has 0 saturated carbocycles. The van der Waals surface area contributed by atoms with Crippen molar-refractivity contribution < 1.29 is 15.3 Å². The molecular weight excluding hydrogens is 270 g/mol. The minimum absolute atomic E-state index is 0.0886. The molecule has 19 heavy (non-hydrogen) atoms. The Labute approximate surface area is 114 Å². The Bertz CT molecular complexity index is 559. The lowest BCUT2D eigenvalue weighted by atomic mass is 10.1. The van der Waals surface area contributed by atoms with Crippen LogP contribution >= 0.6 is 11.6 Å². The van der Waals surface area contributed by atoms with Crippen LogP contribution in [0, 0.1) is 0 Å². The first kappa shape index (κ1) is 14.0. The van der Waals surface area contributed by atoms with E-state index in [1.165, 1.54) is 4.68 Å². The summed E-state index contributed by atoms with van der Waals surface area (Å²) in [5, 5.41) is 35.9. The van der Waals surface area contributed by atoms with Gasteiger partial charge in [-0.05, 0) is 12.1 Å². The molecule has 0 radical (unpaired) electrons. The van der Waals surface area contributed by atoms with Gasteiger partial charge >= 0.3 is 0 Å². The van der Waals surface area contributed by atoms with Gasteiger partial charge < -0.3 is 15.3 Å². The summed E-state index contributed by atoms with van der Waals surface area (Å²) >= 11 is 5.94. The molecule has 1 atom stereocenters. The molecule has 1 aromatic heterocycles. The van der Waals surface area contributed by atoms with Gasteiger partial charge in [-0.15, -0.1) is 5.10 Å². The van der Waals surface area contributed by atoms with Gasteiger partial charge in [0.05, 0.1) is 31.6 Å². The fraction of sp³-hybridized carbons (Fsp3) is 0.333. The van der Waals surface area contributed by atoms with Crippen LogP contribution in [-0.2, 0) is 13.2 Å². The Morgan fingerprint density at radius 3 is 2.74 bits per heavy atom. The van der Waals surface area contributed by atoms with Crippen LogP contribution in [-0.4, -0.2) is 43.0 Å². The number of halogens is 1. The van der Waals surface area contributed by atoms with E-state index in [-0.39, 0.29) is 19.8 Å². The average Bonchev–Trinajstić information content (AvgIpc) is 2.81. The zero-order valence-electron chi connectivity index (χ0n) is 10.1. The second-order valence-electron chi connectivity index (χ2n) is 4.07. The summed E-state index contributed by atoms with van der Waals surface area (Å²) in [6, 6.07) is 7.05. The topological polar surface area (TPSA) is 91.4 Å². The number of hydrogen-bond acceptors (Lipinski definition) is 5. The Morgan fingerprint density at radius 1 is 1.32 bits per heavy atom. The van der Waals surface area contributed by atoms with Crippen molar-refractivity contribution in [3.05, 3.63) is 35.0 Å². The van der Waals surface area contributed by atoms with E-state index in [1.54, 1.807) is 18.2 Å². The molecule has 102 valence electrons. The fourth-order valence-electron chi connectivity index (χ4n) is 1.79. The molecular formula is C12H14ClN3O3. The Kier molecular flexibility index (Phi) is 4.49. The third kappa shape index (κ3) is 3.10. The van der Waals surface area contributed by atoms with Crippen LogP contribution in [0.5, 0.6) is 0 Å². The van der Waals surface area contributed by atoms with Gasteiger partial charge in [0.2, 0.25) is 0 Å². The zero-order chi connectivity index (χ0) is 13.8. The molecule has 6 nitrogen and oxygen atoms in total. The lowest BCUT2D eigenvalue weighted by Gasteiger charge is -2.11. The molecule has 0 saturated heterocycles. The third-order valence-corrected chi connectivity index (χ3v) is 2.88. The summed E-state index contributed by atoms with van der Waals surface area (Å²) in [6.45, 7) is -0.550. The second kappa shape index (κ2) is 6.12. The van der Waals surface area contributed by atoms with Gasteiger partial charge in [-0.3, -0.25) is 0 Å². The average molecular weight is 284 g/mol. The first-order valence-corrected chi connectivity index (χ1v) is 6.11. The Hall–Kier alpha value is -1.47. The van der Waals surface area contributed by atoms with Crippen molar-refractivity contribution in [2.75, 3.05) is 6.61 Å². The summed E-state index contributed by atoms with van der Waals surface area (Å²) in [7, 11) is 0. The molecule has 2 rings (SSSR count). The third-order valence-electron chi connectivity index (χ3n) is 2.65. The van der Waals surface area contributed by atoms with E-state index in [0.29, 0.717) is 16.4 Å². The standard InChI is InChI=1S/C12H14ClN3O3/c13-9-3-1-2-8(4-9)12-11(7-18)14-15-16(12)5-10(19)6-17/h1-4,10,17-19H,5-7H2. The van der Waals surface area contributed by atoms with Crippen molar-refractivity contribution in [1.82, 2.24) is 15.0 Å². The summed E-state index contributed by atoms with van der Waals surface area (Å²) < 4.78 is 1.44. The van der Waals surface area contributed by atoms with Crippen LogP contribution in [0.3, 0.4) is 0 Å². The largest absolute Gasteiger partial charge is 0.394 e. The number of hydrogen-bond donors (Lipinski definition) is 3. The molecule has 0 aliphatic heterocycles. The molecule has 7 heteroatoms. The van der Waals surface area contributed by atoms with Crippen molar-refractivity contribution in [3.63, 3.8) is 0 Å². The van der Waals surface area contributed by atoms with Crippen LogP contribution in [0.1, 0.15) is 5.69 Å². The van der Waals surface area contributed by atoms with Crippen LogP contribution < -0.4 is 0 Å². The van der Waals surface area contributed by atoms with E-state index >= 15 is 0 Å².